The van der Waals surface area contributed by atoms with Gasteiger partial charge in [0.2, 0.25) is 0 Å². The fraction of sp³-hybridized carbons (Fsp3) is 0.357. The summed E-state index contributed by atoms with van der Waals surface area (Å²) in [4.78, 5) is 6.85. The molecule has 2 rings (SSSR count). The van der Waals surface area contributed by atoms with Crippen LogP contribution >= 0.6 is 0 Å². The molecule has 2 aromatic heterocycles. The van der Waals surface area contributed by atoms with Crippen molar-refractivity contribution in [1.29, 1.82) is 0 Å². The first-order valence-electron chi connectivity index (χ1n) is 5.91. The molecule has 2 aromatic rings. The SMILES string of the molecule is CC(C)(C)c1cc(C(F)(F)F)c(-c2ccccn2)[nH]1. The number of nitrogens with one attached hydrogen (secondary N) is 1. The van der Waals surface area contributed by atoms with Crippen LogP contribution in [0.25, 0.3) is 11.4 Å². The van der Waals surface area contributed by atoms with Crippen molar-refractivity contribution in [1.82, 2.24) is 9.97 Å². The van der Waals surface area contributed by atoms with Crippen LogP contribution in [0.4, 0.5) is 13.2 Å². The highest BCUT2D eigenvalue weighted by atomic mass is 19.4. The molecule has 2 heterocycles. The van der Waals surface area contributed by atoms with Crippen molar-refractivity contribution in [3.8, 4) is 11.4 Å². The second kappa shape index (κ2) is 4.40. The van der Waals surface area contributed by atoms with E-state index in [1.54, 1.807) is 18.2 Å². The van der Waals surface area contributed by atoms with Gasteiger partial charge in [-0.05, 0) is 18.2 Å². The molecule has 0 atom stereocenters. The second-order valence-electron chi connectivity index (χ2n) is 5.43. The first-order valence-corrected chi connectivity index (χ1v) is 5.91. The molecule has 0 aromatic carbocycles. The monoisotopic (exact) mass is 268 g/mol. The van der Waals surface area contributed by atoms with Gasteiger partial charge in [0.05, 0.1) is 17.0 Å². The third-order valence-corrected chi connectivity index (χ3v) is 2.85. The minimum atomic E-state index is -4.40. The topological polar surface area (TPSA) is 28.7 Å². The van der Waals surface area contributed by atoms with E-state index in [-0.39, 0.29) is 11.1 Å². The number of pyridine rings is 1. The maximum Gasteiger partial charge on any atom is 0.418 e. The third kappa shape index (κ3) is 2.80. The normalized spacial score (nSPS) is 12.7. The Morgan fingerprint density at radius 1 is 1.11 bits per heavy atom. The zero-order valence-electron chi connectivity index (χ0n) is 11.0. The lowest BCUT2D eigenvalue weighted by atomic mass is 9.92. The maximum atomic E-state index is 13.1. The van der Waals surface area contributed by atoms with E-state index in [4.69, 9.17) is 0 Å². The molecule has 1 N–H and O–H groups in total. The van der Waals surface area contributed by atoms with E-state index in [1.165, 1.54) is 12.3 Å². The Bertz CT molecular complexity index is 563. The molecule has 19 heavy (non-hydrogen) atoms. The molecule has 0 fully saturated rings. The van der Waals surface area contributed by atoms with Gasteiger partial charge in [-0.15, -0.1) is 0 Å². The number of halogens is 3. The highest BCUT2D eigenvalue weighted by Crippen LogP contribution is 2.39. The Kier molecular flexibility index (Phi) is 3.16. The Morgan fingerprint density at radius 2 is 1.79 bits per heavy atom. The van der Waals surface area contributed by atoms with E-state index in [0.29, 0.717) is 11.4 Å². The Hall–Kier alpha value is -1.78. The molecule has 2 nitrogen and oxygen atoms in total. The van der Waals surface area contributed by atoms with Gasteiger partial charge in [-0.25, -0.2) is 0 Å². The van der Waals surface area contributed by atoms with Crippen LogP contribution in [0.3, 0.4) is 0 Å². The van der Waals surface area contributed by atoms with Crippen molar-refractivity contribution < 1.29 is 13.2 Å². The molecule has 102 valence electrons. The van der Waals surface area contributed by atoms with Crippen LogP contribution in [0.1, 0.15) is 32.0 Å². The zero-order chi connectivity index (χ0) is 14.3. The summed E-state index contributed by atoms with van der Waals surface area (Å²) in [6.45, 7) is 5.59. The van der Waals surface area contributed by atoms with Gasteiger partial charge >= 0.3 is 6.18 Å². The van der Waals surface area contributed by atoms with Gasteiger partial charge in [-0.1, -0.05) is 26.8 Å². The van der Waals surface area contributed by atoms with Gasteiger partial charge in [0, 0.05) is 17.3 Å². The lowest BCUT2D eigenvalue weighted by Gasteiger charge is -2.15. The number of aromatic nitrogens is 2. The average molecular weight is 268 g/mol. The van der Waals surface area contributed by atoms with Gasteiger partial charge in [-0.3, -0.25) is 4.98 Å². The summed E-state index contributed by atoms with van der Waals surface area (Å²) in [5.41, 5.74) is -0.188. The number of H-pyrrole nitrogens is 1. The van der Waals surface area contributed by atoms with E-state index < -0.39 is 11.7 Å². The molecule has 5 heteroatoms. The van der Waals surface area contributed by atoms with Crippen LogP contribution in [0.15, 0.2) is 30.5 Å². The maximum absolute atomic E-state index is 13.1. The lowest BCUT2D eigenvalue weighted by Crippen LogP contribution is -2.11. The first kappa shape index (κ1) is 13.6. The molecule has 0 saturated heterocycles. The number of hydrogen-bond acceptors (Lipinski definition) is 1. The number of aromatic amines is 1. The predicted molar refractivity (Wildman–Crippen MR) is 67.7 cm³/mol. The molecule has 0 aliphatic heterocycles. The summed E-state index contributed by atoms with van der Waals surface area (Å²) in [6, 6.07) is 6.07. The van der Waals surface area contributed by atoms with E-state index in [0.717, 1.165) is 0 Å². The number of alkyl halides is 3. The van der Waals surface area contributed by atoms with Crippen molar-refractivity contribution in [2.75, 3.05) is 0 Å². The molecular weight excluding hydrogens is 253 g/mol. The molecule has 0 radical (unpaired) electrons. The largest absolute Gasteiger partial charge is 0.418 e. The van der Waals surface area contributed by atoms with Crippen LogP contribution < -0.4 is 0 Å². The Morgan fingerprint density at radius 3 is 2.26 bits per heavy atom. The molecule has 0 bridgehead atoms. The highest BCUT2D eigenvalue weighted by molar-refractivity contribution is 5.61. The summed E-state index contributed by atoms with van der Waals surface area (Å²) >= 11 is 0. The molecule has 0 aliphatic rings. The van der Waals surface area contributed by atoms with Gasteiger partial charge in [0.25, 0.3) is 0 Å². The van der Waals surface area contributed by atoms with Crippen molar-refractivity contribution >= 4 is 0 Å². The number of rotatable bonds is 1. The summed E-state index contributed by atoms with van der Waals surface area (Å²) < 4.78 is 39.3. The van der Waals surface area contributed by atoms with Gasteiger partial charge in [-0.2, -0.15) is 13.2 Å². The fourth-order valence-electron chi connectivity index (χ4n) is 1.79. The van der Waals surface area contributed by atoms with Gasteiger partial charge in [0.1, 0.15) is 0 Å². The quantitative estimate of drug-likeness (QED) is 0.816. The summed E-state index contributed by atoms with van der Waals surface area (Å²) in [5.74, 6) is 0. The number of nitrogens with zero attached hydrogens (tertiary/aromatic N) is 1. The Balaban J connectivity index is 2.63. The van der Waals surface area contributed by atoms with E-state index in [1.807, 2.05) is 20.8 Å². The summed E-state index contributed by atoms with van der Waals surface area (Å²) in [5, 5.41) is 0. The van der Waals surface area contributed by atoms with E-state index in [2.05, 4.69) is 9.97 Å². The zero-order valence-corrected chi connectivity index (χ0v) is 11.0. The summed E-state index contributed by atoms with van der Waals surface area (Å²) in [6.07, 6.45) is -2.92. The van der Waals surface area contributed by atoms with Crippen LogP contribution in [-0.4, -0.2) is 9.97 Å². The van der Waals surface area contributed by atoms with Gasteiger partial charge < -0.3 is 4.98 Å². The highest BCUT2D eigenvalue weighted by Gasteiger charge is 2.37. The molecular formula is C14H15F3N2. The van der Waals surface area contributed by atoms with Crippen LogP contribution in [0.5, 0.6) is 0 Å². The van der Waals surface area contributed by atoms with Crippen molar-refractivity contribution in [3.05, 3.63) is 41.7 Å². The smallest absolute Gasteiger partial charge is 0.356 e. The Labute approximate surface area is 109 Å². The van der Waals surface area contributed by atoms with Crippen molar-refractivity contribution in [3.63, 3.8) is 0 Å². The predicted octanol–water partition coefficient (Wildman–Crippen LogP) is 4.39. The van der Waals surface area contributed by atoms with Gasteiger partial charge in [0.15, 0.2) is 0 Å². The third-order valence-electron chi connectivity index (χ3n) is 2.85. The van der Waals surface area contributed by atoms with E-state index >= 15 is 0 Å². The van der Waals surface area contributed by atoms with Crippen molar-refractivity contribution in [2.24, 2.45) is 0 Å². The summed E-state index contributed by atoms with van der Waals surface area (Å²) in [7, 11) is 0. The molecule has 0 amide bonds. The van der Waals surface area contributed by atoms with Crippen LogP contribution in [0.2, 0.25) is 0 Å². The lowest BCUT2D eigenvalue weighted by molar-refractivity contribution is -0.137. The number of hydrogen-bond donors (Lipinski definition) is 1. The van der Waals surface area contributed by atoms with Crippen LogP contribution in [0, 0.1) is 0 Å². The first-order chi connectivity index (χ1) is 8.69. The fourth-order valence-corrected chi connectivity index (χ4v) is 1.79. The minimum absolute atomic E-state index is 0.0259. The molecule has 0 spiro atoms. The molecule has 0 unspecified atom stereocenters. The second-order valence-corrected chi connectivity index (χ2v) is 5.43. The average Bonchev–Trinajstić information content (AvgIpc) is 2.74. The van der Waals surface area contributed by atoms with Crippen molar-refractivity contribution in [2.45, 2.75) is 32.4 Å². The van der Waals surface area contributed by atoms with E-state index in [9.17, 15) is 13.2 Å². The molecule has 0 saturated carbocycles. The van der Waals surface area contributed by atoms with Crippen LogP contribution in [-0.2, 0) is 11.6 Å². The minimum Gasteiger partial charge on any atom is -0.356 e. The molecule has 0 aliphatic carbocycles. The standard InChI is InChI=1S/C14H15F3N2/c1-13(2,3)11-8-9(14(15,16)17)12(19-11)10-6-4-5-7-18-10/h4-8,19H,1-3H3.